The molecule has 0 bridgehead atoms. The van der Waals surface area contributed by atoms with Gasteiger partial charge in [-0.05, 0) is 56.5 Å². The van der Waals surface area contributed by atoms with E-state index in [2.05, 4.69) is 59.7 Å². The number of carbonyl (C=O) groups excluding carboxylic acids is 2. The van der Waals surface area contributed by atoms with E-state index < -0.39 is 22.6 Å². The first-order chi connectivity index (χ1) is 21.5. The molecule has 248 valence electrons. The van der Waals surface area contributed by atoms with Crippen molar-refractivity contribution in [1.29, 1.82) is 0 Å². The van der Waals surface area contributed by atoms with Gasteiger partial charge in [0.25, 0.3) is 0 Å². The SMILES string of the molecule is CC(C)(C)c1ccc(-c2c(C(=O)Oc3cccc(O)c3C(=O)c3ccccc3)cc(C(C)(C)C)c(O)c2C(C)(C)C)c(C(C)(C)C)c1. The first-order valence-electron chi connectivity index (χ1n) is 16.2. The van der Waals surface area contributed by atoms with E-state index >= 15 is 0 Å². The minimum absolute atomic E-state index is 0.0448. The summed E-state index contributed by atoms with van der Waals surface area (Å²) >= 11 is 0. The second kappa shape index (κ2) is 12.3. The van der Waals surface area contributed by atoms with Crippen LogP contribution in [0.5, 0.6) is 17.2 Å². The maximum absolute atomic E-state index is 14.6. The number of carbonyl (C=O) groups is 2. The van der Waals surface area contributed by atoms with Gasteiger partial charge in [-0.1, -0.05) is 138 Å². The van der Waals surface area contributed by atoms with Crippen molar-refractivity contribution in [2.24, 2.45) is 0 Å². The lowest BCUT2D eigenvalue weighted by molar-refractivity contribution is 0.0733. The van der Waals surface area contributed by atoms with Gasteiger partial charge in [-0.25, -0.2) is 4.79 Å². The summed E-state index contributed by atoms with van der Waals surface area (Å²) in [5.74, 6) is -1.33. The molecule has 0 aliphatic rings. The third-order valence-electron chi connectivity index (χ3n) is 8.51. The molecule has 2 N–H and O–H groups in total. The molecule has 0 radical (unpaired) electrons. The van der Waals surface area contributed by atoms with Crippen LogP contribution in [0.3, 0.4) is 0 Å². The Kier molecular flexibility index (Phi) is 9.31. The molecule has 0 aromatic heterocycles. The summed E-state index contributed by atoms with van der Waals surface area (Å²) in [5, 5.41) is 22.9. The second-order valence-corrected chi connectivity index (χ2v) is 16.6. The van der Waals surface area contributed by atoms with Crippen LogP contribution in [0.4, 0.5) is 0 Å². The van der Waals surface area contributed by atoms with Crippen LogP contribution < -0.4 is 4.74 Å². The molecule has 4 aromatic carbocycles. The zero-order valence-electron chi connectivity index (χ0n) is 30.0. The molecule has 0 saturated carbocycles. The Morgan fingerprint density at radius 2 is 1.21 bits per heavy atom. The number of esters is 1. The number of phenols is 2. The van der Waals surface area contributed by atoms with Crippen LogP contribution in [-0.2, 0) is 21.7 Å². The highest BCUT2D eigenvalue weighted by Crippen LogP contribution is 2.49. The number of ether oxygens (including phenoxy) is 1. The lowest BCUT2D eigenvalue weighted by Crippen LogP contribution is -2.24. The highest BCUT2D eigenvalue weighted by atomic mass is 16.5. The van der Waals surface area contributed by atoms with E-state index in [0.29, 0.717) is 22.3 Å². The number of phenolic OH excluding ortho intramolecular Hbond substituents is 2. The maximum atomic E-state index is 14.6. The molecule has 0 fully saturated rings. The first kappa shape index (κ1) is 35.5. The molecule has 0 saturated heterocycles. The summed E-state index contributed by atoms with van der Waals surface area (Å²) in [7, 11) is 0. The van der Waals surface area contributed by atoms with Gasteiger partial charge in [0.15, 0.2) is 0 Å². The minimum atomic E-state index is -0.691. The Morgan fingerprint density at radius 3 is 1.74 bits per heavy atom. The fraction of sp³-hybridized carbons (Fsp3) is 0.381. The predicted octanol–water partition coefficient (Wildman–Crippen LogP) is 10.4. The van der Waals surface area contributed by atoms with Crippen molar-refractivity contribution < 1.29 is 24.5 Å². The summed E-state index contributed by atoms with van der Waals surface area (Å²) in [6.07, 6.45) is 0. The standard InChI is InChI=1S/C42H50O5/c1-39(2,3)26-21-22-27(29(23-26)40(4,5)6)33-28(24-30(41(7,8)9)37(45)35(33)42(10,11)12)38(46)47-32-20-16-19-31(43)34(32)36(44)25-17-14-13-15-18-25/h13-24,43,45H,1-12H3. The lowest BCUT2D eigenvalue weighted by Gasteiger charge is -2.34. The Balaban J connectivity index is 2.08. The summed E-state index contributed by atoms with van der Waals surface area (Å²) in [6.45, 7) is 25.0. The quantitative estimate of drug-likeness (QED) is 0.130. The fourth-order valence-corrected chi connectivity index (χ4v) is 5.99. The molecule has 0 aliphatic carbocycles. The van der Waals surface area contributed by atoms with Gasteiger partial charge in [0.2, 0.25) is 5.78 Å². The normalized spacial score (nSPS) is 12.6. The Bertz CT molecular complexity index is 1820. The number of aromatic hydroxyl groups is 2. The van der Waals surface area contributed by atoms with Gasteiger partial charge in [0.1, 0.15) is 22.8 Å². The Hall–Kier alpha value is -4.38. The predicted molar refractivity (Wildman–Crippen MR) is 191 cm³/mol. The second-order valence-electron chi connectivity index (χ2n) is 16.6. The average molecular weight is 635 g/mol. The van der Waals surface area contributed by atoms with Crippen LogP contribution in [0.1, 0.15) is 132 Å². The topological polar surface area (TPSA) is 83.8 Å². The number of ketones is 1. The zero-order valence-corrected chi connectivity index (χ0v) is 30.0. The monoisotopic (exact) mass is 634 g/mol. The van der Waals surface area contributed by atoms with Crippen molar-refractivity contribution >= 4 is 11.8 Å². The maximum Gasteiger partial charge on any atom is 0.344 e. The summed E-state index contributed by atoms with van der Waals surface area (Å²) < 4.78 is 6.09. The Labute approximate surface area is 280 Å². The van der Waals surface area contributed by atoms with Crippen molar-refractivity contribution in [2.75, 3.05) is 0 Å². The number of hydrogen-bond acceptors (Lipinski definition) is 5. The van der Waals surface area contributed by atoms with Crippen molar-refractivity contribution in [1.82, 2.24) is 0 Å². The molecule has 4 aromatic rings. The van der Waals surface area contributed by atoms with Crippen LogP contribution in [0.15, 0.2) is 72.8 Å². The zero-order chi connectivity index (χ0) is 35.3. The van der Waals surface area contributed by atoms with E-state index in [1.54, 1.807) is 42.5 Å². The van der Waals surface area contributed by atoms with E-state index in [-0.39, 0.29) is 39.2 Å². The van der Waals surface area contributed by atoms with Crippen LogP contribution in [0, 0.1) is 0 Å². The van der Waals surface area contributed by atoms with E-state index in [1.165, 1.54) is 12.1 Å². The van der Waals surface area contributed by atoms with Gasteiger partial charge in [-0.2, -0.15) is 0 Å². The van der Waals surface area contributed by atoms with Gasteiger partial charge in [0.05, 0.1) is 5.56 Å². The van der Waals surface area contributed by atoms with Crippen LogP contribution in [-0.4, -0.2) is 22.0 Å². The van der Waals surface area contributed by atoms with Gasteiger partial charge in [-0.15, -0.1) is 0 Å². The van der Waals surface area contributed by atoms with Gasteiger partial charge >= 0.3 is 5.97 Å². The first-order valence-corrected chi connectivity index (χ1v) is 16.2. The largest absolute Gasteiger partial charge is 0.507 e. The van der Waals surface area contributed by atoms with Gasteiger partial charge in [0, 0.05) is 22.3 Å². The number of hydrogen-bond donors (Lipinski definition) is 2. The van der Waals surface area contributed by atoms with Crippen LogP contribution in [0.25, 0.3) is 11.1 Å². The van der Waals surface area contributed by atoms with Crippen LogP contribution in [0.2, 0.25) is 0 Å². The molecule has 0 spiro atoms. The third-order valence-corrected chi connectivity index (χ3v) is 8.51. The summed E-state index contributed by atoms with van der Waals surface area (Å²) in [4.78, 5) is 28.2. The molecule has 47 heavy (non-hydrogen) atoms. The molecule has 5 heteroatoms. The van der Waals surface area contributed by atoms with Crippen LogP contribution >= 0.6 is 0 Å². The van der Waals surface area contributed by atoms with E-state index in [1.807, 2.05) is 41.5 Å². The molecule has 5 nitrogen and oxygen atoms in total. The highest BCUT2D eigenvalue weighted by Gasteiger charge is 2.36. The Morgan fingerprint density at radius 1 is 0.617 bits per heavy atom. The molecule has 0 heterocycles. The van der Waals surface area contributed by atoms with Gasteiger partial charge in [-0.3, -0.25) is 4.79 Å². The molecular formula is C42H50O5. The highest BCUT2D eigenvalue weighted by molar-refractivity contribution is 6.13. The smallest absolute Gasteiger partial charge is 0.344 e. The van der Waals surface area contributed by atoms with Crippen molar-refractivity contribution in [3.8, 4) is 28.4 Å². The molecule has 0 atom stereocenters. The van der Waals surface area contributed by atoms with E-state index in [9.17, 15) is 19.8 Å². The van der Waals surface area contributed by atoms with Gasteiger partial charge < -0.3 is 14.9 Å². The molecule has 0 unspecified atom stereocenters. The average Bonchev–Trinajstić information content (AvgIpc) is 2.94. The molecule has 0 amide bonds. The number of benzene rings is 4. The summed E-state index contributed by atoms with van der Waals surface area (Å²) in [5.41, 5.74) is 3.88. The summed E-state index contributed by atoms with van der Waals surface area (Å²) in [6, 6.07) is 21.1. The third kappa shape index (κ3) is 7.30. The van der Waals surface area contributed by atoms with Crippen molar-refractivity contribution in [3.05, 3.63) is 112 Å². The molecule has 4 rings (SSSR count). The van der Waals surface area contributed by atoms with E-state index in [0.717, 1.165) is 16.7 Å². The minimum Gasteiger partial charge on any atom is -0.507 e. The fourth-order valence-electron chi connectivity index (χ4n) is 5.99. The van der Waals surface area contributed by atoms with Crippen molar-refractivity contribution in [2.45, 2.75) is 105 Å². The molecular weight excluding hydrogens is 584 g/mol. The number of rotatable bonds is 5. The van der Waals surface area contributed by atoms with Crippen molar-refractivity contribution in [3.63, 3.8) is 0 Å². The van der Waals surface area contributed by atoms with E-state index in [4.69, 9.17) is 4.74 Å². The molecule has 0 aliphatic heterocycles. The lowest BCUT2D eigenvalue weighted by atomic mass is 9.71.